The highest BCUT2D eigenvalue weighted by atomic mass is 32.1. The molecular formula is C12H14N4O2S. The summed E-state index contributed by atoms with van der Waals surface area (Å²) < 4.78 is 0. The first-order valence-electron chi connectivity index (χ1n) is 5.67. The molecule has 0 bridgehead atoms. The summed E-state index contributed by atoms with van der Waals surface area (Å²) in [4.78, 5) is 16.9. The number of nitro benzene ring substituents is 1. The summed E-state index contributed by atoms with van der Waals surface area (Å²) in [5.41, 5.74) is 3.82. The van der Waals surface area contributed by atoms with Crippen molar-refractivity contribution in [2.75, 3.05) is 24.3 Å². The highest BCUT2D eigenvalue weighted by Crippen LogP contribution is 2.35. The maximum atomic E-state index is 11.2. The molecule has 1 aromatic carbocycles. The van der Waals surface area contributed by atoms with Crippen molar-refractivity contribution in [1.29, 1.82) is 0 Å². The van der Waals surface area contributed by atoms with E-state index in [0.29, 0.717) is 17.9 Å². The van der Waals surface area contributed by atoms with Crippen molar-refractivity contribution < 1.29 is 4.92 Å². The zero-order chi connectivity index (χ0) is 13.8. The van der Waals surface area contributed by atoms with Crippen LogP contribution in [0.4, 0.5) is 17.1 Å². The van der Waals surface area contributed by atoms with Gasteiger partial charge in [0.1, 0.15) is 11.4 Å². The molecule has 2 rings (SSSR count). The molecule has 7 heteroatoms. The smallest absolute Gasteiger partial charge is 0.315 e. The zero-order valence-corrected chi connectivity index (χ0v) is 11.5. The predicted octanol–water partition coefficient (Wildman–Crippen LogP) is 2.73. The van der Waals surface area contributed by atoms with Crippen molar-refractivity contribution in [1.82, 2.24) is 4.98 Å². The quantitative estimate of drug-likeness (QED) is 0.672. The summed E-state index contributed by atoms with van der Waals surface area (Å²) in [6.07, 6.45) is 0. The number of nitrogens with one attached hydrogen (secondary N) is 1. The molecule has 0 amide bonds. The normalized spacial score (nSPS) is 10.2. The number of rotatable bonds is 5. The Morgan fingerprint density at radius 1 is 1.53 bits per heavy atom. The summed E-state index contributed by atoms with van der Waals surface area (Å²) >= 11 is 1.51. The summed E-state index contributed by atoms with van der Waals surface area (Å²) in [5.74, 6) is 0. The minimum Gasteiger partial charge on any atom is -0.382 e. The SMILES string of the molecule is CNc1cccc(N(C)Cc2cscn2)c1[N+](=O)[O-]. The Hall–Kier alpha value is -2.15. The Balaban J connectivity index is 2.35. The topological polar surface area (TPSA) is 71.3 Å². The molecule has 2 aromatic rings. The third kappa shape index (κ3) is 2.82. The van der Waals surface area contributed by atoms with Crippen molar-refractivity contribution in [2.45, 2.75) is 6.54 Å². The molecule has 1 N–H and O–H groups in total. The van der Waals surface area contributed by atoms with E-state index in [4.69, 9.17) is 0 Å². The van der Waals surface area contributed by atoms with E-state index in [1.165, 1.54) is 11.3 Å². The molecule has 100 valence electrons. The van der Waals surface area contributed by atoms with Gasteiger partial charge < -0.3 is 10.2 Å². The third-order valence-electron chi connectivity index (χ3n) is 2.76. The van der Waals surface area contributed by atoms with Gasteiger partial charge in [-0.2, -0.15) is 0 Å². The molecule has 0 aliphatic heterocycles. The average molecular weight is 278 g/mol. The van der Waals surface area contributed by atoms with Crippen LogP contribution in [0.5, 0.6) is 0 Å². The van der Waals surface area contributed by atoms with Crippen LogP contribution in [0.15, 0.2) is 29.1 Å². The molecule has 1 aromatic heterocycles. The van der Waals surface area contributed by atoms with E-state index in [1.54, 1.807) is 30.8 Å². The van der Waals surface area contributed by atoms with E-state index in [0.717, 1.165) is 5.69 Å². The van der Waals surface area contributed by atoms with Gasteiger partial charge in [-0.3, -0.25) is 10.1 Å². The van der Waals surface area contributed by atoms with Crippen LogP contribution in [-0.2, 0) is 6.54 Å². The Bertz CT molecular complexity index is 571. The third-order valence-corrected chi connectivity index (χ3v) is 3.40. The molecule has 0 radical (unpaired) electrons. The van der Waals surface area contributed by atoms with Crippen LogP contribution in [-0.4, -0.2) is 24.0 Å². The van der Waals surface area contributed by atoms with Crippen LogP contribution in [0.25, 0.3) is 0 Å². The van der Waals surface area contributed by atoms with Gasteiger partial charge in [0.25, 0.3) is 0 Å². The number of nitrogens with zero attached hydrogens (tertiary/aromatic N) is 3. The van der Waals surface area contributed by atoms with Gasteiger partial charge in [-0.15, -0.1) is 11.3 Å². The molecule has 0 spiro atoms. The van der Waals surface area contributed by atoms with Crippen molar-refractivity contribution in [3.63, 3.8) is 0 Å². The van der Waals surface area contributed by atoms with Gasteiger partial charge in [-0.25, -0.2) is 4.98 Å². The Labute approximate surface area is 114 Å². The monoisotopic (exact) mass is 278 g/mol. The fraction of sp³-hybridized carbons (Fsp3) is 0.250. The van der Waals surface area contributed by atoms with Crippen LogP contribution in [0.3, 0.4) is 0 Å². The molecule has 0 saturated carbocycles. The molecule has 0 atom stereocenters. The molecule has 0 aliphatic rings. The Morgan fingerprint density at radius 3 is 2.89 bits per heavy atom. The van der Waals surface area contributed by atoms with Gasteiger partial charge in [0.15, 0.2) is 0 Å². The van der Waals surface area contributed by atoms with E-state index in [9.17, 15) is 10.1 Å². The van der Waals surface area contributed by atoms with Gasteiger partial charge in [0.2, 0.25) is 0 Å². The molecule has 0 unspecified atom stereocenters. The minimum absolute atomic E-state index is 0.0859. The molecule has 0 saturated heterocycles. The second-order valence-electron chi connectivity index (χ2n) is 4.02. The second kappa shape index (κ2) is 5.66. The lowest BCUT2D eigenvalue weighted by atomic mass is 10.2. The van der Waals surface area contributed by atoms with E-state index >= 15 is 0 Å². The number of anilines is 2. The van der Waals surface area contributed by atoms with Gasteiger partial charge >= 0.3 is 5.69 Å². The van der Waals surface area contributed by atoms with E-state index in [2.05, 4.69) is 10.3 Å². The van der Waals surface area contributed by atoms with Crippen LogP contribution >= 0.6 is 11.3 Å². The molecule has 6 nitrogen and oxygen atoms in total. The molecule has 0 aliphatic carbocycles. The van der Waals surface area contributed by atoms with Crippen molar-refractivity contribution in [2.24, 2.45) is 0 Å². The van der Waals surface area contributed by atoms with E-state index in [-0.39, 0.29) is 10.6 Å². The lowest BCUT2D eigenvalue weighted by molar-refractivity contribution is -0.383. The van der Waals surface area contributed by atoms with Crippen LogP contribution in [0, 0.1) is 10.1 Å². The molecular weight excluding hydrogens is 264 g/mol. The number of aromatic nitrogens is 1. The maximum Gasteiger partial charge on any atom is 0.315 e. The van der Waals surface area contributed by atoms with Crippen LogP contribution in [0.1, 0.15) is 5.69 Å². The van der Waals surface area contributed by atoms with Gasteiger partial charge in [0.05, 0.1) is 22.7 Å². The van der Waals surface area contributed by atoms with Gasteiger partial charge in [0, 0.05) is 19.5 Å². The molecule has 19 heavy (non-hydrogen) atoms. The lowest BCUT2D eigenvalue weighted by Crippen LogP contribution is -2.18. The number of benzene rings is 1. The second-order valence-corrected chi connectivity index (χ2v) is 4.73. The lowest BCUT2D eigenvalue weighted by Gasteiger charge is -2.19. The molecule has 0 fully saturated rings. The summed E-state index contributed by atoms with van der Waals surface area (Å²) in [7, 11) is 3.49. The zero-order valence-electron chi connectivity index (χ0n) is 10.7. The maximum absolute atomic E-state index is 11.2. The highest BCUT2D eigenvalue weighted by molar-refractivity contribution is 7.07. The standard InChI is InChI=1S/C12H14N4O2S/c1-13-10-4-3-5-11(12(10)16(17)18)15(2)6-9-7-19-8-14-9/h3-5,7-8,13H,6H2,1-2H3. The highest BCUT2D eigenvalue weighted by Gasteiger charge is 2.21. The van der Waals surface area contributed by atoms with Crippen molar-refractivity contribution in [3.05, 3.63) is 44.9 Å². The fourth-order valence-corrected chi connectivity index (χ4v) is 2.43. The van der Waals surface area contributed by atoms with Gasteiger partial charge in [-0.1, -0.05) is 6.07 Å². The number of thiazole rings is 1. The number of hydrogen-bond donors (Lipinski definition) is 1. The summed E-state index contributed by atoms with van der Waals surface area (Å²) in [6, 6.07) is 5.23. The molecule has 1 heterocycles. The number of hydrogen-bond acceptors (Lipinski definition) is 6. The van der Waals surface area contributed by atoms with E-state index in [1.807, 2.05) is 17.3 Å². The first kappa shape index (κ1) is 13.3. The largest absolute Gasteiger partial charge is 0.382 e. The average Bonchev–Trinajstić information content (AvgIpc) is 2.90. The van der Waals surface area contributed by atoms with Crippen molar-refractivity contribution >= 4 is 28.4 Å². The first-order valence-corrected chi connectivity index (χ1v) is 6.61. The number of para-hydroxylation sites is 1. The van der Waals surface area contributed by atoms with Crippen molar-refractivity contribution in [3.8, 4) is 0 Å². The summed E-state index contributed by atoms with van der Waals surface area (Å²) in [6.45, 7) is 0.539. The van der Waals surface area contributed by atoms with Crippen LogP contribution < -0.4 is 10.2 Å². The number of nitro groups is 1. The van der Waals surface area contributed by atoms with E-state index < -0.39 is 0 Å². The summed E-state index contributed by atoms with van der Waals surface area (Å²) in [5, 5.41) is 16.0. The Kier molecular flexibility index (Phi) is 3.96. The first-order chi connectivity index (χ1) is 9.13. The predicted molar refractivity (Wildman–Crippen MR) is 76.9 cm³/mol. The Morgan fingerprint density at radius 2 is 2.32 bits per heavy atom. The fourth-order valence-electron chi connectivity index (χ4n) is 1.88. The van der Waals surface area contributed by atoms with Crippen LogP contribution in [0.2, 0.25) is 0 Å². The minimum atomic E-state index is -0.362. The van der Waals surface area contributed by atoms with Gasteiger partial charge in [-0.05, 0) is 12.1 Å².